The first-order valence-electron chi connectivity index (χ1n) is 10.5. The minimum absolute atomic E-state index is 0.133. The van der Waals surface area contributed by atoms with E-state index in [0.717, 1.165) is 18.2 Å². The number of carbonyl (C=O) groups is 1. The van der Waals surface area contributed by atoms with Crippen LogP contribution in [0.15, 0.2) is 42.5 Å². The molecular weight excluding hydrogens is 480 g/mol. The fourth-order valence-corrected chi connectivity index (χ4v) is 4.79. The Morgan fingerprint density at radius 2 is 1.74 bits per heavy atom. The number of rotatable bonds is 3. The van der Waals surface area contributed by atoms with E-state index in [4.69, 9.17) is 9.84 Å². The van der Waals surface area contributed by atoms with Crippen molar-refractivity contribution < 1.29 is 46.1 Å². The predicted molar refractivity (Wildman–Crippen MR) is 114 cm³/mol. The van der Waals surface area contributed by atoms with Gasteiger partial charge in [0.15, 0.2) is 0 Å². The smallest absolute Gasteiger partial charge is 0.430 e. The van der Waals surface area contributed by atoms with Crippen LogP contribution in [0.25, 0.3) is 6.08 Å². The van der Waals surface area contributed by atoms with E-state index in [1.54, 1.807) is 32.0 Å². The first-order chi connectivity index (χ1) is 16.1. The van der Waals surface area contributed by atoms with Crippen LogP contribution in [0.4, 0.5) is 32.0 Å². The maximum absolute atomic E-state index is 13.4. The molecule has 4 rings (SSSR count). The van der Waals surface area contributed by atoms with Gasteiger partial charge in [0.05, 0.1) is 12.6 Å². The molecule has 11 heteroatoms. The fourth-order valence-electron chi connectivity index (χ4n) is 4.79. The van der Waals surface area contributed by atoms with E-state index in [-0.39, 0.29) is 12.2 Å². The van der Waals surface area contributed by atoms with E-state index in [9.17, 15) is 36.2 Å². The van der Waals surface area contributed by atoms with Crippen LogP contribution in [0, 0.1) is 5.92 Å². The predicted octanol–water partition coefficient (Wildman–Crippen LogP) is 5.55. The largest absolute Gasteiger partial charge is 0.493 e. The molecule has 2 aromatic rings. The van der Waals surface area contributed by atoms with Crippen LogP contribution in [-0.4, -0.2) is 35.1 Å². The minimum atomic E-state index is -5.99. The zero-order valence-electron chi connectivity index (χ0n) is 18.5. The highest BCUT2D eigenvalue weighted by molar-refractivity contribution is 5.85. The number of halogens is 6. The number of benzene rings is 2. The number of nitrogens with one attached hydrogen (secondary N) is 1. The Kier molecular flexibility index (Phi) is 5.62. The second kappa shape index (κ2) is 7.91. The molecule has 2 aliphatic rings. The Morgan fingerprint density at radius 3 is 2.34 bits per heavy atom. The number of fused-ring (bicyclic) bond motifs is 4. The number of hydrogen-bond acceptors (Lipinski definition) is 4. The molecule has 5 nitrogen and oxygen atoms in total. The molecule has 2 heterocycles. The van der Waals surface area contributed by atoms with Crippen molar-refractivity contribution in [1.82, 2.24) is 0 Å². The highest BCUT2D eigenvalue weighted by Gasteiger charge is 2.71. The van der Waals surface area contributed by atoms with Crippen LogP contribution in [0.2, 0.25) is 0 Å². The van der Waals surface area contributed by atoms with Gasteiger partial charge in [0, 0.05) is 34.2 Å². The molecule has 0 fully saturated rings. The first-order valence-corrected chi connectivity index (χ1v) is 10.5. The van der Waals surface area contributed by atoms with Crippen molar-refractivity contribution >= 4 is 17.7 Å². The van der Waals surface area contributed by atoms with E-state index in [0.29, 0.717) is 28.6 Å². The van der Waals surface area contributed by atoms with Crippen molar-refractivity contribution in [1.29, 1.82) is 0 Å². The molecule has 2 unspecified atom stereocenters. The highest BCUT2D eigenvalue weighted by Crippen LogP contribution is 2.55. The van der Waals surface area contributed by atoms with Crippen molar-refractivity contribution in [2.75, 3.05) is 11.9 Å². The van der Waals surface area contributed by atoms with E-state index in [1.165, 1.54) is 6.08 Å². The summed E-state index contributed by atoms with van der Waals surface area (Å²) in [4.78, 5) is 10.9. The second-order valence-corrected chi connectivity index (χ2v) is 9.20. The van der Waals surface area contributed by atoms with Gasteiger partial charge in [0.2, 0.25) is 0 Å². The Bertz CT molecular complexity index is 1190. The summed E-state index contributed by atoms with van der Waals surface area (Å²) in [6.45, 7) is 3.52. The molecule has 2 atom stereocenters. The minimum Gasteiger partial charge on any atom is -0.493 e. The Labute approximate surface area is 196 Å². The maximum atomic E-state index is 13.4. The van der Waals surface area contributed by atoms with E-state index in [2.05, 4.69) is 5.32 Å². The van der Waals surface area contributed by atoms with E-state index >= 15 is 0 Å². The number of carboxylic acids is 1. The van der Waals surface area contributed by atoms with Crippen LogP contribution in [0.5, 0.6) is 5.75 Å². The monoisotopic (exact) mass is 501 g/mol. The summed E-state index contributed by atoms with van der Waals surface area (Å²) in [5.74, 6) is -0.997. The maximum Gasteiger partial charge on any atom is 0.430 e. The molecule has 0 spiro atoms. The number of carboxylic acid groups (broad SMARTS) is 1. The molecule has 0 aliphatic carbocycles. The number of alkyl halides is 6. The molecule has 0 saturated carbocycles. The SMILES string of the molecule is CC1(C)c2cc(C(O)(C(F)(F)F)C(F)(F)F)ccc2NC2c3cc(/C=C/C(=O)O)ccc3OCC21. The summed E-state index contributed by atoms with van der Waals surface area (Å²) in [7, 11) is 0. The van der Waals surface area contributed by atoms with Crippen LogP contribution in [0.3, 0.4) is 0 Å². The molecule has 188 valence electrons. The number of ether oxygens (including phenoxy) is 1. The topological polar surface area (TPSA) is 78.8 Å². The third-order valence-electron chi connectivity index (χ3n) is 6.80. The number of aliphatic carboxylic acids is 1. The van der Waals surface area contributed by atoms with Gasteiger partial charge in [-0.1, -0.05) is 26.0 Å². The van der Waals surface area contributed by atoms with Crippen molar-refractivity contribution in [3.8, 4) is 5.75 Å². The van der Waals surface area contributed by atoms with Gasteiger partial charge in [-0.25, -0.2) is 4.79 Å². The van der Waals surface area contributed by atoms with Gasteiger partial charge in [-0.15, -0.1) is 0 Å². The van der Waals surface area contributed by atoms with Gasteiger partial charge in [-0.2, -0.15) is 26.3 Å². The molecule has 2 aromatic carbocycles. The van der Waals surface area contributed by atoms with Gasteiger partial charge >= 0.3 is 18.3 Å². The standard InChI is InChI=1S/C24H21F6NO4/c1-21(2)15-10-13(22(34,23(25,26)27)24(28,29)30)5-6-17(15)31-20-14-9-12(4-8-19(32)33)3-7-18(14)35-11-16(20)21/h3-10,16,20,31,34H,11H2,1-2H3,(H,32,33)/b8-4+. The third-order valence-corrected chi connectivity index (χ3v) is 6.80. The van der Waals surface area contributed by atoms with Gasteiger partial charge in [0.25, 0.3) is 5.60 Å². The number of anilines is 1. The van der Waals surface area contributed by atoms with Gasteiger partial charge in [-0.3, -0.25) is 0 Å². The molecule has 3 N–H and O–H groups in total. The molecule has 0 bridgehead atoms. The molecule has 2 aliphatic heterocycles. The van der Waals surface area contributed by atoms with Gasteiger partial charge in [0.1, 0.15) is 5.75 Å². The van der Waals surface area contributed by atoms with Crippen LogP contribution in [0.1, 0.15) is 42.1 Å². The van der Waals surface area contributed by atoms with Crippen LogP contribution < -0.4 is 10.1 Å². The average molecular weight is 501 g/mol. The van der Waals surface area contributed by atoms with Crippen LogP contribution >= 0.6 is 0 Å². The average Bonchev–Trinajstić information content (AvgIpc) is 2.75. The quantitative estimate of drug-likeness (QED) is 0.380. The van der Waals surface area contributed by atoms with E-state index < -0.39 is 46.9 Å². The van der Waals surface area contributed by atoms with Crippen molar-refractivity contribution in [2.45, 2.75) is 43.3 Å². The number of hydrogen-bond donors (Lipinski definition) is 3. The lowest BCUT2D eigenvalue weighted by Gasteiger charge is -2.49. The van der Waals surface area contributed by atoms with Crippen LogP contribution in [-0.2, 0) is 15.8 Å². The lowest BCUT2D eigenvalue weighted by Crippen LogP contribution is -2.54. The number of aliphatic hydroxyl groups is 1. The molecule has 0 saturated heterocycles. The molecular formula is C24H21F6NO4. The lowest BCUT2D eigenvalue weighted by atomic mass is 9.64. The fraction of sp³-hybridized carbons (Fsp3) is 0.375. The third kappa shape index (κ3) is 3.91. The molecule has 35 heavy (non-hydrogen) atoms. The Balaban J connectivity index is 1.81. The molecule has 0 radical (unpaired) electrons. The molecule has 0 aromatic heterocycles. The summed E-state index contributed by atoms with van der Waals surface area (Å²) >= 11 is 0. The van der Waals surface area contributed by atoms with Crippen molar-refractivity contribution in [3.05, 3.63) is 64.7 Å². The zero-order chi connectivity index (χ0) is 26.0. The van der Waals surface area contributed by atoms with Crippen molar-refractivity contribution in [2.24, 2.45) is 5.92 Å². The summed E-state index contributed by atoms with van der Waals surface area (Å²) in [6.07, 6.45) is -9.60. The molecule has 0 amide bonds. The Morgan fingerprint density at radius 1 is 1.09 bits per heavy atom. The zero-order valence-corrected chi connectivity index (χ0v) is 18.5. The van der Waals surface area contributed by atoms with E-state index in [1.807, 2.05) is 0 Å². The summed E-state index contributed by atoms with van der Waals surface area (Å²) in [5.41, 5.74) is -5.53. The van der Waals surface area contributed by atoms with Gasteiger partial charge < -0.3 is 20.3 Å². The second-order valence-electron chi connectivity index (χ2n) is 9.20. The summed E-state index contributed by atoms with van der Waals surface area (Å²) < 4.78 is 86.5. The lowest BCUT2D eigenvalue weighted by molar-refractivity contribution is -0.376. The first kappa shape index (κ1) is 24.9. The normalized spacial score (nSPS) is 21.4. The Hall–Kier alpha value is -3.21. The van der Waals surface area contributed by atoms with Gasteiger partial charge in [-0.05, 0) is 41.5 Å². The summed E-state index contributed by atoms with van der Waals surface area (Å²) in [5, 5.41) is 21.9. The highest BCUT2D eigenvalue weighted by atomic mass is 19.4. The summed E-state index contributed by atoms with van der Waals surface area (Å²) in [6, 6.07) is 7.13. The van der Waals surface area contributed by atoms with Crippen molar-refractivity contribution in [3.63, 3.8) is 0 Å².